The lowest BCUT2D eigenvalue weighted by atomic mass is 10.1. The summed E-state index contributed by atoms with van der Waals surface area (Å²) in [6, 6.07) is 2.43. The molecule has 0 aromatic carbocycles. The third kappa shape index (κ3) is 2.57. The normalized spacial score (nSPS) is 17.6. The number of rotatable bonds is 4. The number of oxazole rings is 1. The molecule has 0 radical (unpaired) electrons. The fourth-order valence-electron chi connectivity index (χ4n) is 2.75. The van der Waals surface area contributed by atoms with Crippen molar-refractivity contribution < 1.29 is 4.42 Å². The molecule has 4 heterocycles. The van der Waals surface area contributed by atoms with Crippen LogP contribution in [0, 0.1) is 6.92 Å². The largest absolute Gasteiger partial charge is 0.441 e. The van der Waals surface area contributed by atoms with Crippen LogP contribution in [0.25, 0.3) is 11.5 Å². The average molecular weight is 315 g/mol. The van der Waals surface area contributed by atoms with Gasteiger partial charge in [-0.2, -0.15) is 16.4 Å². The molecule has 3 aromatic rings. The maximum atomic E-state index is 5.77. The first-order valence-electron chi connectivity index (χ1n) is 7.38. The van der Waals surface area contributed by atoms with Gasteiger partial charge < -0.3 is 9.73 Å². The molecule has 1 N–H and O–H groups in total. The molecule has 0 amide bonds. The number of aryl methyl sites for hydroxylation is 2. The van der Waals surface area contributed by atoms with Gasteiger partial charge in [0.25, 0.3) is 0 Å². The molecular weight excluding hydrogens is 298 g/mol. The summed E-state index contributed by atoms with van der Waals surface area (Å²) >= 11 is 1.65. The van der Waals surface area contributed by atoms with Crippen molar-refractivity contribution >= 4 is 11.3 Å². The summed E-state index contributed by atoms with van der Waals surface area (Å²) in [5.74, 6) is 2.67. The van der Waals surface area contributed by atoms with Gasteiger partial charge in [-0.1, -0.05) is 0 Å². The summed E-state index contributed by atoms with van der Waals surface area (Å²) in [7, 11) is 0. The van der Waals surface area contributed by atoms with Crippen LogP contribution in [0.15, 0.2) is 27.6 Å². The van der Waals surface area contributed by atoms with E-state index in [1.807, 2.05) is 23.1 Å². The van der Waals surface area contributed by atoms with E-state index in [9.17, 15) is 0 Å². The first-order valence-corrected chi connectivity index (χ1v) is 8.33. The summed E-state index contributed by atoms with van der Waals surface area (Å²) in [4.78, 5) is 8.87. The summed E-state index contributed by atoms with van der Waals surface area (Å²) in [5, 5.41) is 11.9. The van der Waals surface area contributed by atoms with E-state index in [2.05, 4.69) is 25.8 Å². The molecule has 1 aliphatic heterocycles. The first-order chi connectivity index (χ1) is 10.8. The lowest BCUT2D eigenvalue weighted by molar-refractivity contribution is 0.356. The van der Waals surface area contributed by atoms with Gasteiger partial charge in [0, 0.05) is 30.0 Å². The Morgan fingerprint density at radius 3 is 3.32 bits per heavy atom. The molecule has 114 valence electrons. The Labute approximate surface area is 132 Å². The predicted octanol–water partition coefficient (Wildman–Crippen LogP) is 2.41. The molecule has 4 rings (SSSR count). The van der Waals surface area contributed by atoms with Gasteiger partial charge >= 0.3 is 0 Å². The maximum Gasteiger partial charge on any atom is 0.227 e. The third-order valence-electron chi connectivity index (χ3n) is 4.02. The van der Waals surface area contributed by atoms with E-state index in [1.165, 1.54) is 0 Å². The van der Waals surface area contributed by atoms with Crippen LogP contribution < -0.4 is 5.32 Å². The molecule has 3 aromatic heterocycles. The molecule has 1 unspecified atom stereocenters. The van der Waals surface area contributed by atoms with Crippen molar-refractivity contribution in [2.24, 2.45) is 0 Å². The van der Waals surface area contributed by atoms with Crippen LogP contribution in [0.4, 0.5) is 0 Å². The van der Waals surface area contributed by atoms with E-state index < -0.39 is 0 Å². The molecule has 0 spiro atoms. The number of thiophene rings is 1. The summed E-state index contributed by atoms with van der Waals surface area (Å²) < 4.78 is 7.75. The first kappa shape index (κ1) is 13.7. The van der Waals surface area contributed by atoms with Crippen molar-refractivity contribution in [2.75, 3.05) is 0 Å². The maximum absolute atomic E-state index is 5.77. The summed E-state index contributed by atoms with van der Waals surface area (Å²) in [6.45, 7) is 3.55. The van der Waals surface area contributed by atoms with Crippen molar-refractivity contribution in [2.45, 2.75) is 38.9 Å². The van der Waals surface area contributed by atoms with Crippen molar-refractivity contribution in [3.63, 3.8) is 0 Å². The number of fused-ring (bicyclic) bond motifs is 1. The Morgan fingerprint density at radius 1 is 1.50 bits per heavy atom. The van der Waals surface area contributed by atoms with Gasteiger partial charge in [0.05, 0.1) is 12.2 Å². The highest BCUT2D eigenvalue weighted by Gasteiger charge is 2.20. The molecule has 6 nitrogen and oxygen atoms in total. The highest BCUT2D eigenvalue weighted by Crippen LogP contribution is 2.24. The van der Waals surface area contributed by atoms with E-state index in [4.69, 9.17) is 4.42 Å². The Hall–Kier alpha value is -1.99. The molecule has 0 bridgehead atoms. The second kappa shape index (κ2) is 5.66. The van der Waals surface area contributed by atoms with Crippen LogP contribution in [0.1, 0.15) is 23.7 Å². The Kier molecular flexibility index (Phi) is 3.51. The lowest BCUT2D eigenvalue weighted by Crippen LogP contribution is -2.37. The van der Waals surface area contributed by atoms with Crippen molar-refractivity contribution in [3.05, 3.63) is 40.4 Å². The number of aromatic nitrogens is 4. The smallest absolute Gasteiger partial charge is 0.227 e. The van der Waals surface area contributed by atoms with Crippen LogP contribution in [-0.4, -0.2) is 25.8 Å². The van der Waals surface area contributed by atoms with Gasteiger partial charge in [0.15, 0.2) is 0 Å². The molecule has 22 heavy (non-hydrogen) atoms. The van der Waals surface area contributed by atoms with Crippen LogP contribution >= 0.6 is 11.3 Å². The fourth-order valence-corrected chi connectivity index (χ4v) is 3.38. The van der Waals surface area contributed by atoms with Gasteiger partial charge in [-0.15, -0.1) is 0 Å². The van der Waals surface area contributed by atoms with Gasteiger partial charge in [-0.25, -0.2) is 14.6 Å². The zero-order valence-electron chi connectivity index (χ0n) is 12.3. The Morgan fingerprint density at radius 2 is 2.45 bits per heavy atom. The zero-order valence-corrected chi connectivity index (χ0v) is 13.1. The second-order valence-corrected chi connectivity index (χ2v) is 6.29. The quantitative estimate of drug-likeness (QED) is 0.800. The summed E-state index contributed by atoms with van der Waals surface area (Å²) in [5.41, 5.74) is 2.02. The molecule has 1 atom stereocenters. The number of nitrogens with zero attached hydrogens (tertiary/aromatic N) is 4. The standard InChI is InChI=1S/C15H17N5OS/c1-10-13(19-15(21-10)11-4-5-22-8-11)6-16-12-2-3-14-17-9-18-20(14)7-12/h4-5,8-9,12,16H,2-3,6-7H2,1H3. The van der Waals surface area contributed by atoms with Crippen molar-refractivity contribution in [3.8, 4) is 11.5 Å². The second-order valence-electron chi connectivity index (χ2n) is 5.51. The van der Waals surface area contributed by atoms with Crippen LogP contribution in [0.5, 0.6) is 0 Å². The molecular formula is C15H17N5OS. The monoisotopic (exact) mass is 315 g/mol. The number of hydrogen-bond acceptors (Lipinski definition) is 6. The summed E-state index contributed by atoms with van der Waals surface area (Å²) in [6.07, 6.45) is 3.68. The SMILES string of the molecule is Cc1oc(-c2ccsc2)nc1CNC1CCc2ncnn2C1. The minimum Gasteiger partial charge on any atom is -0.441 e. The minimum atomic E-state index is 0.398. The van der Waals surface area contributed by atoms with Crippen LogP contribution in [0.3, 0.4) is 0 Å². The number of hydrogen-bond donors (Lipinski definition) is 1. The third-order valence-corrected chi connectivity index (χ3v) is 4.71. The van der Waals surface area contributed by atoms with E-state index in [0.717, 1.165) is 42.2 Å². The molecule has 0 saturated carbocycles. The predicted molar refractivity (Wildman–Crippen MR) is 83.5 cm³/mol. The lowest BCUT2D eigenvalue weighted by Gasteiger charge is -2.23. The molecule has 0 fully saturated rings. The van der Waals surface area contributed by atoms with Crippen molar-refractivity contribution in [1.82, 2.24) is 25.1 Å². The van der Waals surface area contributed by atoms with E-state index >= 15 is 0 Å². The minimum absolute atomic E-state index is 0.398. The zero-order chi connectivity index (χ0) is 14.9. The van der Waals surface area contributed by atoms with Crippen LogP contribution in [-0.2, 0) is 19.5 Å². The molecule has 0 aliphatic carbocycles. The molecule has 7 heteroatoms. The van der Waals surface area contributed by atoms with Gasteiger partial charge in [0.2, 0.25) is 5.89 Å². The van der Waals surface area contributed by atoms with Gasteiger partial charge in [-0.05, 0) is 24.8 Å². The van der Waals surface area contributed by atoms with Gasteiger partial charge in [0.1, 0.15) is 17.9 Å². The molecule has 0 saturated heterocycles. The average Bonchev–Trinajstić information content (AvgIpc) is 3.25. The molecule has 1 aliphatic rings. The number of nitrogens with one attached hydrogen (secondary N) is 1. The Balaban J connectivity index is 1.42. The van der Waals surface area contributed by atoms with Crippen LogP contribution in [0.2, 0.25) is 0 Å². The highest BCUT2D eigenvalue weighted by atomic mass is 32.1. The Bertz CT molecular complexity index is 761. The highest BCUT2D eigenvalue weighted by molar-refractivity contribution is 7.08. The van der Waals surface area contributed by atoms with E-state index in [-0.39, 0.29) is 0 Å². The van der Waals surface area contributed by atoms with E-state index in [1.54, 1.807) is 17.7 Å². The van der Waals surface area contributed by atoms with Gasteiger partial charge in [-0.3, -0.25) is 0 Å². The van der Waals surface area contributed by atoms with E-state index in [0.29, 0.717) is 18.5 Å². The fraction of sp³-hybridized carbons (Fsp3) is 0.400. The van der Waals surface area contributed by atoms with Crippen molar-refractivity contribution in [1.29, 1.82) is 0 Å². The topological polar surface area (TPSA) is 68.8 Å².